The number of hydroxylamine groups is 1. The molecule has 0 fully saturated rings. The Bertz CT molecular complexity index is 237. The molecule has 0 radical (unpaired) electrons. The number of nitrogens with one attached hydrogen (secondary N) is 1. The summed E-state index contributed by atoms with van der Waals surface area (Å²) in [5.74, 6) is 0.942. The maximum atomic E-state index is 5.07. The number of imidazole rings is 1. The van der Waals surface area contributed by atoms with Gasteiger partial charge in [0, 0.05) is 26.6 Å². The number of hydrogen-bond donors (Lipinski definition) is 1. The van der Waals surface area contributed by atoms with Crippen molar-refractivity contribution in [2.45, 2.75) is 6.54 Å². The van der Waals surface area contributed by atoms with Crippen LogP contribution in [0.3, 0.4) is 0 Å². The van der Waals surface area contributed by atoms with Crippen molar-refractivity contribution in [2.24, 2.45) is 7.05 Å². The molecule has 1 heterocycles. The van der Waals surface area contributed by atoms with E-state index in [9.17, 15) is 0 Å². The molecule has 0 aromatic carbocycles. The van der Waals surface area contributed by atoms with E-state index in [1.165, 1.54) is 0 Å². The van der Waals surface area contributed by atoms with Gasteiger partial charge in [-0.15, -0.1) is 0 Å². The lowest BCUT2D eigenvalue weighted by Crippen LogP contribution is -2.19. The molecule has 0 bridgehead atoms. The first-order valence-corrected chi connectivity index (χ1v) is 4.14. The minimum atomic E-state index is 0.543. The molecule has 0 spiro atoms. The smallest absolute Gasteiger partial charge is 0.124 e. The van der Waals surface area contributed by atoms with E-state index in [1.807, 2.05) is 17.8 Å². The van der Waals surface area contributed by atoms with Crippen LogP contribution in [0.25, 0.3) is 0 Å². The third-order valence-electron chi connectivity index (χ3n) is 1.64. The van der Waals surface area contributed by atoms with Crippen molar-refractivity contribution in [3.8, 4) is 0 Å². The molecule has 0 saturated heterocycles. The van der Waals surface area contributed by atoms with E-state index in [2.05, 4.69) is 10.5 Å². The van der Waals surface area contributed by atoms with Crippen LogP contribution >= 0.6 is 0 Å². The second kappa shape index (κ2) is 5.69. The summed E-state index contributed by atoms with van der Waals surface area (Å²) in [7, 11) is 3.58. The van der Waals surface area contributed by atoms with Gasteiger partial charge in [0.1, 0.15) is 5.82 Å². The Kier molecular flexibility index (Phi) is 4.45. The lowest BCUT2D eigenvalue weighted by atomic mass is 10.6. The van der Waals surface area contributed by atoms with Gasteiger partial charge in [0.05, 0.1) is 19.8 Å². The summed E-state index contributed by atoms with van der Waals surface area (Å²) in [6.07, 6.45) is 3.65. The monoisotopic (exact) mass is 185 g/mol. The number of nitrogens with zero attached hydrogens (tertiary/aromatic N) is 2. The van der Waals surface area contributed by atoms with Crippen molar-refractivity contribution >= 4 is 0 Å². The molecule has 0 unspecified atom stereocenters. The number of methoxy groups -OCH3 is 1. The van der Waals surface area contributed by atoms with E-state index in [4.69, 9.17) is 9.57 Å². The first-order valence-electron chi connectivity index (χ1n) is 4.14. The maximum absolute atomic E-state index is 5.07. The van der Waals surface area contributed by atoms with Crippen LogP contribution < -0.4 is 5.48 Å². The molecular weight excluding hydrogens is 170 g/mol. The van der Waals surface area contributed by atoms with Gasteiger partial charge in [-0.05, 0) is 0 Å². The average molecular weight is 185 g/mol. The standard InChI is InChI=1S/C8H15N3O2/c1-11-4-3-9-8(11)7-10-13-6-5-12-2/h3-4,10H,5-7H2,1-2H3. The second-order valence-corrected chi connectivity index (χ2v) is 2.62. The first kappa shape index (κ1) is 10.2. The average Bonchev–Trinajstić information content (AvgIpc) is 2.52. The van der Waals surface area contributed by atoms with Crippen molar-refractivity contribution < 1.29 is 9.57 Å². The van der Waals surface area contributed by atoms with Crippen LogP contribution in [0.1, 0.15) is 5.82 Å². The molecule has 74 valence electrons. The number of ether oxygens (including phenoxy) is 1. The molecule has 1 rings (SSSR count). The zero-order valence-corrected chi connectivity index (χ0v) is 7.99. The molecule has 0 saturated carbocycles. The van der Waals surface area contributed by atoms with Gasteiger partial charge < -0.3 is 9.30 Å². The number of aryl methyl sites for hydroxylation is 1. The van der Waals surface area contributed by atoms with Crippen LogP contribution in [0.15, 0.2) is 12.4 Å². The van der Waals surface area contributed by atoms with E-state index >= 15 is 0 Å². The minimum Gasteiger partial charge on any atom is -0.382 e. The molecule has 0 aliphatic heterocycles. The van der Waals surface area contributed by atoms with Gasteiger partial charge in [0.15, 0.2) is 0 Å². The number of aromatic nitrogens is 2. The van der Waals surface area contributed by atoms with Gasteiger partial charge in [-0.25, -0.2) is 4.98 Å². The highest BCUT2D eigenvalue weighted by molar-refractivity contribution is 4.89. The third-order valence-corrected chi connectivity index (χ3v) is 1.64. The van der Waals surface area contributed by atoms with E-state index in [0.717, 1.165) is 5.82 Å². The summed E-state index contributed by atoms with van der Waals surface area (Å²) in [5, 5.41) is 0. The van der Waals surface area contributed by atoms with Crippen LogP contribution in [-0.2, 0) is 23.2 Å². The molecule has 0 aliphatic carbocycles. The van der Waals surface area contributed by atoms with E-state index in [1.54, 1.807) is 13.3 Å². The Morgan fingerprint density at radius 1 is 1.54 bits per heavy atom. The van der Waals surface area contributed by atoms with Gasteiger partial charge in [-0.1, -0.05) is 0 Å². The van der Waals surface area contributed by atoms with Crippen LogP contribution in [0.5, 0.6) is 0 Å². The van der Waals surface area contributed by atoms with Crippen molar-refractivity contribution in [1.82, 2.24) is 15.0 Å². The van der Waals surface area contributed by atoms with E-state index in [-0.39, 0.29) is 0 Å². The van der Waals surface area contributed by atoms with E-state index < -0.39 is 0 Å². The number of hydrogen-bond acceptors (Lipinski definition) is 4. The molecule has 0 amide bonds. The highest BCUT2D eigenvalue weighted by Crippen LogP contribution is 1.92. The molecular formula is C8H15N3O2. The van der Waals surface area contributed by atoms with Crippen LogP contribution in [-0.4, -0.2) is 29.9 Å². The Morgan fingerprint density at radius 2 is 2.38 bits per heavy atom. The fourth-order valence-corrected chi connectivity index (χ4v) is 0.880. The topological polar surface area (TPSA) is 48.3 Å². The predicted octanol–water partition coefficient (Wildman–Crippen LogP) is 0.0877. The predicted molar refractivity (Wildman–Crippen MR) is 47.9 cm³/mol. The number of rotatable bonds is 6. The molecule has 13 heavy (non-hydrogen) atoms. The molecule has 1 aromatic rings. The third kappa shape index (κ3) is 3.54. The minimum absolute atomic E-state index is 0.543. The van der Waals surface area contributed by atoms with Crippen LogP contribution in [0.2, 0.25) is 0 Å². The Hall–Kier alpha value is -0.910. The molecule has 0 atom stereocenters. The Morgan fingerprint density at radius 3 is 3.00 bits per heavy atom. The van der Waals surface area contributed by atoms with Gasteiger partial charge in [0.25, 0.3) is 0 Å². The second-order valence-electron chi connectivity index (χ2n) is 2.62. The highest BCUT2D eigenvalue weighted by atomic mass is 16.7. The summed E-state index contributed by atoms with van der Waals surface area (Å²) in [6.45, 7) is 1.74. The summed E-state index contributed by atoms with van der Waals surface area (Å²) < 4.78 is 6.75. The van der Waals surface area contributed by atoms with Gasteiger partial charge >= 0.3 is 0 Å². The summed E-state index contributed by atoms with van der Waals surface area (Å²) in [6, 6.07) is 0. The summed E-state index contributed by atoms with van der Waals surface area (Å²) >= 11 is 0. The Labute approximate surface area is 77.6 Å². The maximum Gasteiger partial charge on any atom is 0.124 e. The van der Waals surface area contributed by atoms with Crippen molar-refractivity contribution in [3.63, 3.8) is 0 Å². The van der Waals surface area contributed by atoms with E-state index in [0.29, 0.717) is 19.8 Å². The van der Waals surface area contributed by atoms with Crippen LogP contribution in [0, 0.1) is 0 Å². The fraction of sp³-hybridized carbons (Fsp3) is 0.625. The molecule has 5 heteroatoms. The molecule has 5 nitrogen and oxygen atoms in total. The highest BCUT2D eigenvalue weighted by Gasteiger charge is 1.96. The normalized spacial score (nSPS) is 10.6. The molecule has 0 aliphatic rings. The fourth-order valence-electron chi connectivity index (χ4n) is 0.880. The summed E-state index contributed by atoms with van der Waals surface area (Å²) in [4.78, 5) is 9.20. The van der Waals surface area contributed by atoms with Crippen molar-refractivity contribution in [3.05, 3.63) is 18.2 Å². The molecule has 1 N–H and O–H groups in total. The largest absolute Gasteiger partial charge is 0.382 e. The quantitative estimate of drug-likeness (QED) is 0.504. The SMILES string of the molecule is COCCONCc1nccn1C. The lowest BCUT2D eigenvalue weighted by Gasteiger charge is -2.04. The first-order chi connectivity index (χ1) is 6.34. The zero-order valence-electron chi connectivity index (χ0n) is 7.99. The zero-order chi connectivity index (χ0) is 9.52. The van der Waals surface area contributed by atoms with Crippen LogP contribution in [0.4, 0.5) is 0 Å². The van der Waals surface area contributed by atoms with Gasteiger partial charge in [-0.2, -0.15) is 5.48 Å². The molecule has 1 aromatic heterocycles. The Balaban J connectivity index is 2.10. The summed E-state index contributed by atoms with van der Waals surface area (Å²) in [5.41, 5.74) is 2.80. The van der Waals surface area contributed by atoms with Gasteiger partial charge in [0.2, 0.25) is 0 Å². The lowest BCUT2D eigenvalue weighted by molar-refractivity contribution is 0.00217. The van der Waals surface area contributed by atoms with Gasteiger partial charge in [-0.3, -0.25) is 4.84 Å². The van der Waals surface area contributed by atoms with Crippen molar-refractivity contribution in [2.75, 3.05) is 20.3 Å². The van der Waals surface area contributed by atoms with Crippen molar-refractivity contribution in [1.29, 1.82) is 0 Å².